The molecule has 1 saturated heterocycles. The van der Waals surface area contributed by atoms with Crippen LogP contribution in [0.1, 0.15) is 5.56 Å². The van der Waals surface area contributed by atoms with Gasteiger partial charge in [0.25, 0.3) is 0 Å². The number of nitrogens with one attached hydrogen (secondary N) is 1. The second-order valence-electron chi connectivity index (χ2n) is 5.39. The maximum atomic E-state index is 13.6. The minimum atomic E-state index is -0.354. The molecule has 0 spiro atoms. The first-order valence-electron chi connectivity index (χ1n) is 7.20. The van der Waals surface area contributed by atoms with Gasteiger partial charge in [0.1, 0.15) is 5.82 Å². The van der Waals surface area contributed by atoms with Crippen LogP contribution in [0.15, 0.2) is 48.5 Å². The summed E-state index contributed by atoms with van der Waals surface area (Å²) in [6.45, 7) is 2.66. The molecule has 0 aliphatic carbocycles. The molecule has 2 aromatic carbocycles. The molecule has 3 rings (SSSR count). The van der Waals surface area contributed by atoms with Crippen LogP contribution in [-0.4, -0.2) is 25.7 Å². The molecule has 1 aliphatic heterocycles. The van der Waals surface area contributed by atoms with Gasteiger partial charge in [-0.3, -0.25) is 0 Å². The van der Waals surface area contributed by atoms with Crippen molar-refractivity contribution >= 4 is 17.3 Å². The molecule has 2 aromatic rings. The van der Waals surface area contributed by atoms with E-state index in [1.165, 1.54) is 11.6 Å². The van der Waals surface area contributed by atoms with Crippen LogP contribution in [-0.2, 0) is 6.42 Å². The number of piperazine rings is 1. The van der Waals surface area contributed by atoms with Crippen molar-refractivity contribution in [2.45, 2.75) is 12.5 Å². The highest BCUT2D eigenvalue weighted by Gasteiger charge is 2.20. The first-order chi connectivity index (χ1) is 10.2. The van der Waals surface area contributed by atoms with E-state index in [1.54, 1.807) is 6.07 Å². The molecule has 1 atom stereocenters. The summed E-state index contributed by atoms with van der Waals surface area (Å²) in [6, 6.07) is 15.8. The predicted molar refractivity (Wildman–Crippen MR) is 85.6 cm³/mol. The molecule has 4 heteroatoms. The zero-order chi connectivity index (χ0) is 14.7. The van der Waals surface area contributed by atoms with Crippen LogP contribution in [0.25, 0.3) is 0 Å². The Balaban J connectivity index is 1.69. The molecule has 0 aromatic heterocycles. The summed E-state index contributed by atoms with van der Waals surface area (Å²) in [5.74, 6) is -0.354. The zero-order valence-corrected chi connectivity index (χ0v) is 12.5. The lowest BCUT2D eigenvalue weighted by molar-refractivity contribution is 0.454. The molecule has 0 radical (unpaired) electrons. The summed E-state index contributed by atoms with van der Waals surface area (Å²) < 4.78 is 13.6. The number of benzene rings is 2. The largest absolute Gasteiger partial charge is 0.369 e. The molecule has 110 valence electrons. The molecule has 0 saturated carbocycles. The fourth-order valence-corrected chi connectivity index (χ4v) is 2.89. The lowest BCUT2D eigenvalue weighted by Gasteiger charge is -2.35. The van der Waals surface area contributed by atoms with Crippen LogP contribution in [0, 0.1) is 5.82 Å². The van der Waals surface area contributed by atoms with Gasteiger partial charge in [-0.2, -0.15) is 0 Å². The average molecular weight is 305 g/mol. The van der Waals surface area contributed by atoms with Crippen molar-refractivity contribution in [2.24, 2.45) is 0 Å². The first-order valence-corrected chi connectivity index (χ1v) is 7.57. The maximum Gasteiger partial charge on any atom is 0.143 e. The summed E-state index contributed by atoms with van der Waals surface area (Å²) >= 11 is 5.75. The molecule has 1 N–H and O–H groups in total. The van der Waals surface area contributed by atoms with Crippen molar-refractivity contribution in [3.05, 3.63) is 64.9 Å². The Hall–Kier alpha value is -1.58. The SMILES string of the molecule is Fc1cc(N2CCNC(Cc3ccccc3)C2)ccc1Cl. The van der Waals surface area contributed by atoms with Crippen LogP contribution in [0.4, 0.5) is 10.1 Å². The standard InChI is InChI=1S/C17H18ClFN2/c18-16-7-6-15(11-17(16)19)21-9-8-20-14(12-21)10-13-4-2-1-3-5-13/h1-7,11,14,20H,8-10,12H2. The molecule has 1 aliphatic rings. The third-order valence-electron chi connectivity index (χ3n) is 3.85. The minimum absolute atomic E-state index is 0.176. The van der Waals surface area contributed by atoms with Crippen molar-refractivity contribution in [1.29, 1.82) is 0 Å². The minimum Gasteiger partial charge on any atom is -0.369 e. The van der Waals surface area contributed by atoms with Gasteiger partial charge < -0.3 is 10.2 Å². The van der Waals surface area contributed by atoms with Crippen LogP contribution < -0.4 is 10.2 Å². The molecule has 1 fully saturated rings. The van der Waals surface area contributed by atoms with Crippen molar-refractivity contribution in [3.63, 3.8) is 0 Å². The summed E-state index contributed by atoms with van der Waals surface area (Å²) in [5.41, 5.74) is 2.22. The van der Waals surface area contributed by atoms with E-state index in [4.69, 9.17) is 11.6 Å². The number of halogens is 2. The molecule has 1 heterocycles. The highest BCUT2D eigenvalue weighted by atomic mass is 35.5. The smallest absolute Gasteiger partial charge is 0.143 e. The number of anilines is 1. The second kappa shape index (κ2) is 6.46. The van der Waals surface area contributed by atoms with E-state index in [9.17, 15) is 4.39 Å². The van der Waals surface area contributed by atoms with Crippen LogP contribution in [0.3, 0.4) is 0 Å². The van der Waals surface area contributed by atoms with Crippen LogP contribution in [0.2, 0.25) is 5.02 Å². The maximum absolute atomic E-state index is 13.6. The van der Waals surface area contributed by atoms with Gasteiger partial charge in [-0.05, 0) is 30.2 Å². The van der Waals surface area contributed by atoms with E-state index in [1.807, 2.05) is 12.1 Å². The normalized spacial score (nSPS) is 18.8. The Morgan fingerprint density at radius 2 is 2.00 bits per heavy atom. The van der Waals surface area contributed by atoms with Crippen LogP contribution in [0.5, 0.6) is 0 Å². The van der Waals surface area contributed by atoms with E-state index in [0.717, 1.165) is 31.7 Å². The van der Waals surface area contributed by atoms with E-state index < -0.39 is 0 Å². The lowest BCUT2D eigenvalue weighted by atomic mass is 10.0. The summed E-state index contributed by atoms with van der Waals surface area (Å²) in [5, 5.41) is 3.71. The third kappa shape index (κ3) is 3.55. The Morgan fingerprint density at radius 3 is 2.76 bits per heavy atom. The third-order valence-corrected chi connectivity index (χ3v) is 4.16. The van der Waals surface area contributed by atoms with Gasteiger partial charge in [0.05, 0.1) is 5.02 Å². The van der Waals surface area contributed by atoms with Gasteiger partial charge in [-0.1, -0.05) is 41.9 Å². The lowest BCUT2D eigenvalue weighted by Crippen LogP contribution is -2.51. The van der Waals surface area contributed by atoms with Gasteiger partial charge in [0.15, 0.2) is 0 Å². The topological polar surface area (TPSA) is 15.3 Å². The van der Waals surface area contributed by atoms with Crippen molar-refractivity contribution in [1.82, 2.24) is 5.32 Å². The Bertz CT molecular complexity index is 603. The average Bonchev–Trinajstić information content (AvgIpc) is 2.51. The second-order valence-corrected chi connectivity index (χ2v) is 5.79. The molecule has 2 nitrogen and oxygen atoms in total. The molecular weight excluding hydrogens is 287 g/mol. The first kappa shape index (κ1) is 14.4. The summed E-state index contributed by atoms with van der Waals surface area (Å²) in [6.07, 6.45) is 0.980. The summed E-state index contributed by atoms with van der Waals surface area (Å²) in [7, 11) is 0. The molecule has 0 bridgehead atoms. The fourth-order valence-electron chi connectivity index (χ4n) is 2.78. The van der Waals surface area contributed by atoms with Crippen molar-refractivity contribution < 1.29 is 4.39 Å². The summed E-state index contributed by atoms with van der Waals surface area (Å²) in [4.78, 5) is 2.21. The number of nitrogens with zero attached hydrogens (tertiary/aromatic N) is 1. The molecule has 1 unspecified atom stereocenters. The van der Waals surface area contributed by atoms with Gasteiger partial charge in [0, 0.05) is 31.4 Å². The van der Waals surface area contributed by atoms with E-state index in [2.05, 4.69) is 34.5 Å². The number of rotatable bonds is 3. The molecular formula is C17H18ClFN2. The Labute approximate surface area is 129 Å². The molecule has 21 heavy (non-hydrogen) atoms. The van der Waals surface area contributed by atoms with Crippen molar-refractivity contribution in [3.8, 4) is 0 Å². The fraction of sp³-hybridized carbons (Fsp3) is 0.294. The Morgan fingerprint density at radius 1 is 1.19 bits per heavy atom. The highest BCUT2D eigenvalue weighted by molar-refractivity contribution is 6.30. The highest BCUT2D eigenvalue weighted by Crippen LogP contribution is 2.23. The van der Waals surface area contributed by atoms with E-state index in [0.29, 0.717) is 6.04 Å². The Kier molecular flexibility index (Phi) is 4.42. The number of hydrogen-bond acceptors (Lipinski definition) is 2. The molecule has 0 amide bonds. The number of hydrogen-bond donors (Lipinski definition) is 1. The van der Waals surface area contributed by atoms with Gasteiger partial charge in [-0.15, -0.1) is 0 Å². The van der Waals surface area contributed by atoms with Crippen molar-refractivity contribution in [2.75, 3.05) is 24.5 Å². The zero-order valence-electron chi connectivity index (χ0n) is 11.7. The monoisotopic (exact) mass is 304 g/mol. The van der Waals surface area contributed by atoms with E-state index in [-0.39, 0.29) is 10.8 Å². The van der Waals surface area contributed by atoms with E-state index >= 15 is 0 Å². The quantitative estimate of drug-likeness (QED) is 0.933. The van der Waals surface area contributed by atoms with Gasteiger partial charge in [-0.25, -0.2) is 4.39 Å². The van der Waals surface area contributed by atoms with Gasteiger partial charge >= 0.3 is 0 Å². The van der Waals surface area contributed by atoms with Crippen LogP contribution >= 0.6 is 11.6 Å². The predicted octanol–water partition coefficient (Wildman–Crippen LogP) is 3.50. The van der Waals surface area contributed by atoms with Gasteiger partial charge in [0.2, 0.25) is 0 Å².